The van der Waals surface area contributed by atoms with Gasteiger partial charge in [-0.2, -0.15) is 43.2 Å². The Labute approximate surface area is 185 Å². The van der Waals surface area contributed by atoms with Crippen molar-refractivity contribution in [3.8, 4) is 0 Å². The van der Waals surface area contributed by atoms with Crippen molar-refractivity contribution >= 4 is 42.6 Å². The van der Waals surface area contributed by atoms with Crippen molar-refractivity contribution < 1.29 is 50.4 Å². The molecule has 0 aliphatic rings. The van der Waals surface area contributed by atoms with Crippen LogP contribution in [-0.4, -0.2) is 34.1 Å². The van der Waals surface area contributed by atoms with E-state index >= 15 is 0 Å². The number of alkyl halides is 6. The quantitative estimate of drug-likeness (QED) is 0.252. The highest BCUT2D eigenvalue weighted by Crippen LogP contribution is 2.64. The van der Waals surface area contributed by atoms with E-state index in [1.165, 1.54) is 42.1 Å². The summed E-state index contributed by atoms with van der Waals surface area (Å²) in [6.45, 7) is 0. The van der Waals surface area contributed by atoms with Crippen LogP contribution < -0.4 is 0 Å². The molecule has 0 saturated carbocycles. The zero-order chi connectivity index (χ0) is 24.4. The molecule has 0 N–H and O–H groups in total. The summed E-state index contributed by atoms with van der Waals surface area (Å²) in [6.07, 6.45) is 1.70. The second-order valence-electron chi connectivity index (χ2n) is 5.86. The van der Waals surface area contributed by atoms with Crippen molar-refractivity contribution in [2.75, 3.05) is 6.26 Å². The standard InChI is InChI=1S/C16H14F6O6S4/c1-29-13-9-7-12(8-10-13)11-30(14-5-3-2-4-6-14,27-31(23,24)15(17,18)19)28-32(25,26)16(20,21)22/h2-10H,11H2,1H3. The smallest absolute Gasteiger partial charge is 0.188 e. The minimum absolute atomic E-state index is 0.0311. The summed E-state index contributed by atoms with van der Waals surface area (Å²) in [4.78, 5) is 0.0383. The molecule has 32 heavy (non-hydrogen) atoms. The Balaban J connectivity index is 2.76. The predicted octanol–water partition coefficient (Wildman–Crippen LogP) is 5.33. The maximum absolute atomic E-state index is 13.1. The summed E-state index contributed by atoms with van der Waals surface area (Å²) in [7, 11) is -17.9. The number of hydrogen-bond acceptors (Lipinski definition) is 7. The molecule has 180 valence electrons. The number of halogens is 6. The van der Waals surface area contributed by atoms with Gasteiger partial charge < -0.3 is 0 Å². The summed E-state index contributed by atoms with van der Waals surface area (Å²) in [5.41, 5.74) is -12.2. The van der Waals surface area contributed by atoms with Gasteiger partial charge in [-0.3, -0.25) is 0 Å². The van der Waals surface area contributed by atoms with E-state index < -0.39 is 52.5 Å². The summed E-state index contributed by atoms with van der Waals surface area (Å²) < 4.78 is 134. The van der Waals surface area contributed by atoms with Crippen molar-refractivity contribution in [2.45, 2.75) is 26.6 Å². The van der Waals surface area contributed by atoms with Crippen LogP contribution in [0.5, 0.6) is 0 Å². The van der Waals surface area contributed by atoms with E-state index in [1.807, 2.05) is 0 Å². The van der Waals surface area contributed by atoms with E-state index in [4.69, 9.17) is 0 Å². The number of hydrogen-bond donors (Lipinski definition) is 0. The van der Waals surface area contributed by atoms with Gasteiger partial charge in [0.15, 0.2) is 0 Å². The Bertz CT molecular complexity index is 1080. The van der Waals surface area contributed by atoms with Crippen LogP contribution in [0, 0.1) is 0 Å². The Hall–Kier alpha value is -1.46. The first-order valence-corrected chi connectivity index (χ1v) is 13.8. The lowest BCUT2D eigenvalue weighted by atomic mass is 10.2. The van der Waals surface area contributed by atoms with Crippen LogP contribution in [0.2, 0.25) is 0 Å². The molecule has 2 aromatic carbocycles. The number of benzene rings is 2. The molecule has 0 radical (unpaired) electrons. The monoisotopic (exact) mass is 544 g/mol. The van der Waals surface area contributed by atoms with Crippen LogP contribution in [0.1, 0.15) is 5.56 Å². The molecule has 0 amide bonds. The van der Waals surface area contributed by atoms with E-state index in [0.717, 1.165) is 24.3 Å². The first kappa shape index (κ1) is 26.8. The highest BCUT2D eigenvalue weighted by molar-refractivity contribution is 8.32. The minimum Gasteiger partial charge on any atom is -0.188 e. The fourth-order valence-electron chi connectivity index (χ4n) is 2.16. The molecule has 0 unspecified atom stereocenters. The predicted molar refractivity (Wildman–Crippen MR) is 106 cm³/mol. The first-order chi connectivity index (χ1) is 14.5. The second kappa shape index (κ2) is 9.42. The van der Waals surface area contributed by atoms with Crippen LogP contribution in [-0.2, 0) is 33.2 Å². The molecule has 0 fully saturated rings. The van der Waals surface area contributed by atoms with Gasteiger partial charge in [0, 0.05) is 4.90 Å². The van der Waals surface area contributed by atoms with Crippen molar-refractivity contribution in [3.63, 3.8) is 0 Å². The maximum Gasteiger partial charge on any atom is 0.524 e. The fraction of sp³-hybridized carbons (Fsp3) is 0.250. The molecule has 2 aromatic rings. The van der Waals surface area contributed by atoms with Crippen LogP contribution in [0.4, 0.5) is 26.3 Å². The minimum atomic E-state index is -6.58. The zero-order valence-corrected chi connectivity index (χ0v) is 19.0. The van der Waals surface area contributed by atoms with Gasteiger partial charge in [-0.05, 0) is 36.1 Å². The molecular weight excluding hydrogens is 530 g/mol. The van der Waals surface area contributed by atoms with Crippen LogP contribution >= 0.6 is 22.4 Å². The third-order valence-corrected chi connectivity index (χ3v) is 10.4. The van der Waals surface area contributed by atoms with E-state index in [1.54, 1.807) is 6.26 Å². The van der Waals surface area contributed by atoms with Crippen LogP contribution in [0.25, 0.3) is 0 Å². The molecule has 0 bridgehead atoms. The van der Waals surface area contributed by atoms with Gasteiger partial charge in [-0.15, -0.1) is 29.6 Å². The Morgan fingerprint density at radius 2 is 1.19 bits per heavy atom. The number of thioether (sulfide) groups is 1. The average Bonchev–Trinajstić information content (AvgIpc) is 2.67. The van der Waals surface area contributed by atoms with Gasteiger partial charge in [-0.25, -0.2) is 0 Å². The van der Waals surface area contributed by atoms with Crippen molar-refractivity contribution in [2.24, 2.45) is 0 Å². The molecule has 2 rings (SSSR count). The molecule has 16 heteroatoms. The Morgan fingerprint density at radius 3 is 1.56 bits per heavy atom. The maximum atomic E-state index is 13.1. The fourth-order valence-corrected chi connectivity index (χ4v) is 8.18. The highest BCUT2D eigenvalue weighted by atomic mass is 32.4. The Kier molecular flexibility index (Phi) is 7.89. The third-order valence-electron chi connectivity index (χ3n) is 3.58. The van der Waals surface area contributed by atoms with Crippen molar-refractivity contribution in [1.29, 1.82) is 0 Å². The molecule has 0 aliphatic carbocycles. The summed E-state index contributed by atoms with van der Waals surface area (Å²) >= 11 is 1.27. The van der Waals surface area contributed by atoms with E-state index in [0.29, 0.717) is 4.90 Å². The van der Waals surface area contributed by atoms with Crippen LogP contribution in [0.15, 0.2) is 64.4 Å². The molecule has 0 atom stereocenters. The molecule has 0 aliphatic heterocycles. The van der Waals surface area contributed by atoms with Gasteiger partial charge in [0.1, 0.15) is 0 Å². The van der Waals surface area contributed by atoms with Gasteiger partial charge in [0.25, 0.3) is 0 Å². The Morgan fingerprint density at radius 1 is 0.750 bits per heavy atom. The first-order valence-electron chi connectivity index (χ1n) is 8.07. The van der Waals surface area contributed by atoms with E-state index in [9.17, 15) is 43.2 Å². The molecule has 0 aromatic heterocycles. The summed E-state index contributed by atoms with van der Waals surface area (Å²) in [5.74, 6) is -1.05. The molecule has 0 spiro atoms. The van der Waals surface area contributed by atoms with Gasteiger partial charge >= 0.3 is 31.3 Å². The summed E-state index contributed by atoms with van der Waals surface area (Å²) in [5, 5.41) is 0. The topological polar surface area (TPSA) is 86.7 Å². The van der Waals surface area contributed by atoms with Crippen molar-refractivity contribution in [1.82, 2.24) is 0 Å². The molecule has 0 saturated heterocycles. The largest absolute Gasteiger partial charge is 0.524 e. The van der Waals surface area contributed by atoms with E-state index in [-0.39, 0.29) is 5.56 Å². The van der Waals surface area contributed by atoms with Gasteiger partial charge in [0.05, 0.1) is 10.6 Å². The normalized spacial score (nSPS) is 14.3. The zero-order valence-electron chi connectivity index (χ0n) is 15.8. The highest BCUT2D eigenvalue weighted by Gasteiger charge is 2.56. The lowest BCUT2D eigenvalue weighted by Crippen LogP contribution is -2.32. The average molecular weight is 545 g/mol. The second-order valence-corrected chi connectivity index (χ2v) is 12.6. The lowest BCUT2D eigenvalue weighted by Gasteiger charge is -2.40. The molecule has 0 heterocycles. The lowest BCUT2D eigenvalue weighted by molar-refractivity contribution is -0.0511. The SMILES string of the molecule is CSc1ccc(CS(OS(=O)(=O)C(F)(F)F)(OS(=O)(=O)C(F)(F)F)c2ccccc2)cc1. The third kappa shape index (κ3) is 6.11. The van der Waals surface area contributed by atoms with E-state index in [2.05, 4.69) is 7.26 Å². The summed E-state index contributed by atoms with van der Waals surface area (Å²) in [6, 6.07) is 10.8. The van der Waals surface area contributed by atoms with Gasteiger partial charge in [0.2, 0.25) is 0 Å². The van der Waals surface area contributed by atoms with Crippen molar-refractivity contribution in [3.05, 3.63) is 60.2 Å². The molecule has 6 nitrogen and oxygen atoms in total. The number of rotatable bonds is 8. The van der Waals surface area contributed by atoms with Gasteiger partial charge in [-0.1, -0.05) is 30.3 Å². The molecular formula is C16H14F6O6S4. The van der Waals surface area contributed by atoms with Crippen LogP contribution in [0.3, 0.4) is 0 Å².